The number of para-hydroxylation sites is 1. The molecule has 0 spiro atoms. The summed E-state index contributed by atoms with van der Waals surface area (Å²) in [6, 6.07) is 24.5. The molecule has 0 radical (unpaired) electrons. The molecule has 0 unspecified atom stereocenters. The fraction of sp³-hybridized carbons (Fsp3) is 0.0500. The van der Waals surface area contributed by atoms with Crippen LogP contribution in [-0.4, -0.2) is 17.1 Å². The topological polar surface area (TPSA) is 37.9 Å². The standard InChI is InChI=1S/C20H16N2O/c1-23-16-10-5-9-15(13-16)20-21-18-12-6-11-17(19(18)22-20)14-7-3-2-4-8-14/h2-13H,1H3,(H,21,22). The second-order valence-corrected chi connectivity index (χ2v) is 5.39. The molecule has 1 N–H and O–H groups in total. The summed E-state index contributed by atoms with van der Waals surface area (Å²) >= 11 is 0. The number of aromatic amines is 1. The summed E-state index contributed by atoms with van der Waals surface area (Å²) in [4.78, 5) is 8.23. The van der Waals surface area contributed by atoms with Crippen LogP contribution in [0.2, 0.25) is 0 Å². The molecule has 1 aromatic heterocycles. The lowest BCUT2D eigenvalue weighted by Gasteiger charge is -2.02. The van der Waals surface area contributed by atoms with Crippen molar-refractivity contribution < 1.29 is 4.74 Å². The Balaban J connectivity index is 1.88. The first-order valence-electron chi connectivity index (χ1n) is 7.54. The van der Waals surface area contributed by atoms with E-state index < -0.39 is 0 Å². The first kappa shape index (κ1) is 13.6. The normalized spacial score (nSPS) is 10.8. The average Bonchev–Trinajstić information content (AvgIpc) is 3.07. The van der Waals surface area contributed by atoms with Gasteiger partial charge in [0.15, 0.2) is 0 Å². The maximum absolute atomic E-state index is 5.30. The zero-order valence-electron chi connectivity index (χ0n) is 12.8. The second kappa shape index (κ2) is 5.61. The number of benzene rings is 3. The Kier molecular flexibility index (Phi) is 3.31. The van der Waals surface area contributed by atoms with Crippen LogP contribution in [0, 0.1) is 0 Å². The molecule has 0 saturated heterocycles. The summed E-state index contributed by atoms with van der Waals surface area (Å²) in [6.07, 6.45) is 0. The van der Waals surface area contributed by atoms with Crippen molar-refractivity contribution in [2.75, 3.05) is 7.11 Å². The van der Waals surface area contributed by atoms with Gasteiger partial charge in [0.2, 0.25) is 0 Å². The monoisotopic (exact) mass is 300 g/mol. The van der Waals surface area contributed by atoms with Crippen molar-refractivity contribution in [2.45, 2.75) is 0 Å². The quantitative estimate of drug-likeness (QED) is 0.584. The van der Waals surface area contributed by atoms with E-state index in [-0.39, 0.29) is 0 Å². The smallest absolute Gasteiger partial charge is 0.138 e. The van der Waals surface area contributed by atoms with Crippen LogP contribution in [0.25, 0.3) is 33.5 Å². The Morgan fingerprint density at radius 3 is 2.43 bits per heavy atom. The summed E-state index contributed by atoms with van der Waals surface area (Å²) < 4.78 is 5.30. The van der Waals surface area contributed by atoms with E-state index in [1.165, 1.54) is 5.56 Å². The number of rotatable bonds is 3. The van der Waals surface area contributed by atoms with Crippen LogP contribution in [0.5, 0.6) is 5.75 Å². The van der Waals surface area contributed by atoms with Gasteiger partial charge in [-0.1, -0.05) is 54.6 Å². The third-order valence-electron chi connectivity index (χ3n) is 3.94. The highest BCUT2D eigenvalue weighted by Crippen LogP contribution is 2.30. The van der Waals surface area contributed by atoms with Crippen molar-refractivity contribution in [3.8, 4) is 28.3 Å². The summed E-state index contributed by atoms with van der Waals surface area (Å²) in [5, 5.41) is 0. The SMILES string of the molecule is COc1cccc(-c2nc3c(-c4ccccc4)cccc3[nH]2)c1. The molecule has 0 aliphatic carbocycles. The van der Waals surface area contributed by atoms with Crippen LogP contribution in [-0.2, 0) is 0 Å². The van der Waals surface area contributed by atoms with Gasteiger partial charge in [-0.2, -0.15) is 0 Å². The number of fused-ring (bicyclic) bond motifs is 1. The molecular weight excluding hydrogens is 284 g/mol. The summed E-state index contributed by atoms with van der Waals surface area (Å²) in [7, 11) is 1.67. The second-order valence-electron chi connectivity index (χ2n) is 5.39. The molecule has 0 atom stereocenters. The van der Waals surface area contributed by atoms with E-state index in [9.17, 15) is 0 Å². The van der Waals surface area contributed by atoms with E-state index in [2.05, 4.69) is 35.3 Å². The molecule has 0 saturated carbocycles. The molecule has 112 valence electrons. The van der Waals surface area contributed by atoms with Gasteiger partial charge in [-0.05, 0) is 23.8 Å². The molecule has 4 rings (SSSR count). The molecule has 0 amide bonds. The Morgan fingerprint density at radius 1 is 0.826 bits per heavy atom. The number of ether oxygens (including phenoxy) is 1. The van der Waals surface area contributed by atoms with Crippen molar-refractivity contribution in [1.29, 1.82) is 0 Å². The minimum absolute atomic E-state index is 0.825. The summed E-state index contributed by atoms with van der Waals surface area (Å²) in [5.41, 5.74) is 5.33. The third kappa shape index (κ3) is 2.46. The van der Waals surface area contributed by atoms with E-state index in [0.29, 0.717) is 0 Å². The molecule has 0 fully saturated rings. The fourth-order valence-corrected chi connectivity index (χ4v) is 2.79. The maximum Gasteiger partial charge on any atom is 0.138 e. The Hall–Kier alpha value is -3.07. The largest absolute Gasteiger partial charge is 0.497 e. The first-order chi connectivity index (χ1) is 11.3. The lowest BCUT2D eigenvalue weighted by atomic mass is 10.0. The molecular formula is C20H16N2O. The molecule has 4 aromatic rings. The Morgan fingerprint density at radius 2 is 1.61 bits per heavy atom. The first-order valence-corrected chi connectivity index (χ1v) is 7.54. The van der Waals surface area contributed by atoms with E-state index in [1.54, 1.807) is 7.11 Å². The van der Waals surface area contributed by atoms with Gasteiger partial charge in [-0.3, -0.25) is 0 Å². The van der Waals surface area contributed by atoms with E-state index in [1.807, 2.05) is 42.5 Å². The third-order valence-corrected chi connectivity index (χ3v) is 3.94. The number of imidazole rings is 1. The van der Waals surface area contributed by atoms with Gasteiger partial charge in [0.1, 0.15) is 11.6 Å². The number of methoxy groups -OCH3 is 1. The van der Waals surface area contributed by atoms with Gasteiger partial charge in [0, 0.05) is 11.1 Å². The van der Waals surface area contributed by atoms with Gasteiger partial charge in [0.05, 0.1) is 18.1 Å². The van der Waals surface area contributed by atoms with Gasteiger partial charge in [-0.25, -0.2) is 4.98 Å². The maximum atomic E-state index is 5.30. The van der Waals surface area contributed by atoms with Gasteiger partial charge >= 0.3 is 0 Å². The van der Waals surface area contributed by atoms with Crippen LogP contribution < -0.4 is 4.74 Å². The zero-order valence-corrected chi connectivity index (χ0v) is 12.8. The molecule has 3 heteroatoms. The molecule has 0 aliphatic heterocycles. The minimum Gasteiger partial charge on any atom is -0.497 e. The predicted octanol–water partition coefficient (Wildman–Crippen LogP) is 4.91. The van der Waals surface area contributed by atoms with Crippen molar-refractivity contribution >= 4 is 11.0 Å². The summed E-state index contributed by atoms with van der Waals surface area (Å²) in [6.45, 7) is 0. The molecule has 3 nitrogen and oxygen atoms in total. The predicted molar refractivity (Wildman–Crippen MR) is 93.5 cm³/mol. The van der Waals surface area contributed by atoms with Crippen molar-refractivity contribution in [3.05, 3.63) is 72.8 Å². The highest BCUT2D eigenvalue weighted by molar-refractivity contribution is 5.93. The van der Waals surface area contributed by atoms with Gasteiger partial charge < -0.3 is 9.72 Å². The van der Waals surface area contributed by atoms with Crippen LogP contribution in [0.4, 0.5) is 0 Å². The number of hydrogen-bond acceptors (Lipinski definition) is 2. The average molecular weight is 300 g/mol. The van der Waals surface area contributed by atoms with Crippen LogP contribution in [0.3, 0.4) is 0 Å². The van der Waals surface area contributed by atoms with E-state index >= 15 is 0 Å². The lowest BCUT2D eigenvalue weighted by molar-refractivity contribution is 0.415. The lowest BCUT2D eigenvalue weighted by Crippen LogP contribution is -1.85. The molecule has 23 heavy (non-hydrogen) atoms. The number of hydrogen-bond donors (Lipinski definition) is 1. The highest BCUT2D eigenvalue weighted by atomic mass is 16.5. The van der Waals surface area contributed by atoms with Crippen LogP contribution in [0.1, 0.15) is 0 Å². The molecule has 1 heterocycles. The van der Waals surface area contributed by atoms with Crippen LogP contribution in [0.15, 0.2) is 72.8 Å². The zero-order chi connectivity index (χ0) is 15.6. The van der Waals surface area contributed by atoms with Crippen LogP contribution >= 0.6 is 0 Å². The highest BCUT2D eigenvalue weighted by Gasteiger charge is 2.10. The van der Waals surface area contributed by atoms with Crippen molar-refractivity contribution in [3.63, 3.8) is 0 Å². The number of nitrogens with zero attached hydrogens (tertiary/aromatic N) is 1. The number of H-pyrrole nitrogens is 1. The van der Waals surface area contributed by atoms with Crippen molar-refractivity contribution in [1.82, 2.24) is 9.97 Å². The van der Waals surface area contributed by atoms with Crippen molar-refractivity contribution in [2.24, 2.45) is 0 Å². The number of nitrogens with one attached hydrogen (secondary N) is 1. The molecule has 0 aliphatic rings. The Bertz CT molecular complexity index is 958. The van der Waals surface area contributed by atoms with E-state index in [0.717, 1.165) is 33.7 Å². The minimum atomic E-state index is 0.825. The van der Waals surface area contributed by atoms with Gasteiger partial charge in [-0.15, -0.1) is 0 Å². The number of aromatic nitrogens is 2. The Labute approximate surface area is 134 Å². The molecule has 3 aromatic carbocycles. The fourth-order valence-electron chi connectivity index (χ4n) is 2.79. The van der Waals surface area contributed by atoms with Gasteiger partial charge in [0.25, 0.3) is 0 Å². The van der Waals surface area contributed by atoms with E-state index in [4.69, 9.17) is 9.72 Å². The summed E-state index contributed by atoms with van der Waals surface area (Å²) in [5.74, 6) is 1.67. The molecule has 0 bridgehead atoms.